The van der Waals surface area contributed by atoms with E-state index in [9.17, 15) is 13.5 Å². The molecular weight excluding hydrogens is 288 g/mol. The Bertz CT molecular complexity index is 603. The maximum absolute atomic E-state index is 12.3. The first-order valence-corrected chi connectivity index (χ1v) is 8.77. The van der Waals surface area contributed by atoms with Crippen molar-refractivity contribution in [3.05, 3.63) is 24.3 Å². The van der Waals surface area contributed by atoms with Crippen molar-refractivity contribution in [3.63, 3.8) is 0 Å². The number of hydrogen-bond acceptors (Lipinski definition) is 4. The highest BCUT2D eigenvalue weighted by Crippen LogP contribution is 2.39. The summed E-state index contributed by atoms with van der Waals surface area (Å²) in [5, 5.41) is 9.62. The molecule has 1 aromatic rings. The third-order valence-electron chi connectivity index (χ3n) is 4.43. The van der Waals surface area contributed by atoms with Crippen molar-refractivity contribution in [2.45, 2.75) is 25.7 Å². The molecule has 2 atom stereocenters. The van der Waals surface area contributed by atoms with Crippen LogP contribution in [0.25, 0.3) is 0 Å². The van der Waals surface area contributed by atoms with E-state index in [-0.39, 0.29) is 12.0 Å². The van der Waals surface area contributed by atoms with Gasteiger partial charge in [-0.15, -0.1) is 0 Å². The van der Waals surface area contributed by atoms with Gasteiger partial charge in [-0.05, 0) is 18.1 Å². The highest BCUT2D eigenvalue weighted by atomic mass is 32.2. The number of sulfonamides is 1. The lowest BCUT2D eigenvalue weighted by Gasteiger charge is -2.26. The first-order valence-electron chi connectivity index (χ1n) is 7.28. The van der Waals surface area contributed by atoms with E-state index >= 15 is 0 Å². The van der Waals surface area contributed by atoms with E-state index in [1.807, 2.05) is 19.1 Å². The Kier molecular flexibility index (Phi) is 4.60. The molecule has 1 fully saturated rings. The zero-order valence-electron chi connectivity index (χ0n) is 12.8. The molecule has 0 aliphatic carbocycles. The minimum atomic E-state index is -3.49. The van der Waals surface area contributed by atoms with Gasteiger partial charge in [0.1, 0.15) is 4.90 Å². The van der Waals surface area contributed by atoms with Crippen molar-refractivity contribution in [2.24, 2.45) is 11.3 Å². The molecule has 0 radical (unpaired) electrons. The van der Waals surface area contributed by atoms with Gasteiger partial charge in [0.05, 0.1) is 12.3 Å². The van der Waals surface area contributed by atoms with Crippen LogP contribution in [0.3, 0.4) is 0 Å². The van der Waals surface area contributed by atoms with Gasteiger partial charge in [-0.3, -0.25) is 0 Å². The van der Waals surface area contributed by atoms with E-state index in [4.69, 9.17) is 0 Å². The van der Waals surface area contributed by atoms with Crippen LogP contribution >= 0.6 is 0 Å². The van der Waals surface area contributed by atoms with Crippen LogP contribution in [0, 0.1) is 11.3 Å². The summed E-state index contributed by atoms with van der Waals surface area (Å²) in [7, 11) is -3.49. The molecule has 1 saturated heterocycles. The van der Waals surface area contributed by atoms with Gasteiger partial charge in [0, 0.05) is 25.0 Å². The van der Waals surface area contributed by atoms with Gasteiger partial charge in [0.25, 0.3) is 0 Å². The fourth-order valence-electron chi connectivity index (χ4n) is 2.81. The average molecular weight is 312 g/mol. The highest BCUT2D eigenvalue weighted by Gasteiger charge is 2.41. The van der Waals surface area contributed by atoms with E-state index in [2.05, 4.69) is 16.5 Å². The van der Waals surface area contributed by atoms with Crippen molar-refractivity contribution in [3.8, 4) is 0 Å². The van der Waals surface area contributed by atoms with Crippen molar-refractivity contribution >= 4 is 15.7 Å². The molecule has 6 heteroatoms. The SMILES string of the molecule is CCNS(=O)(=O)c1ccccc1N1CC(C)C(C)(CO)C1. The fourth-order valence-corrected chi connectivity index (χ4v) is 4.08. The second kappa shape index (κ2) is 5.94. The van der Waals surface area contributed by atoms with Crippen LogP contribution in [0.4, 0.5) is 5.69 Å². The summed E-state index contributed by atoms with van der Waals surface area (Å²) in [6, 6.07) is 7.05. The second-order valence-corrected chi connectivity index (χ2v) is 7.80. The second-order valence-electron chi connectivity index (χ2n) is 6.06. The summed E-state index contributed by atoms with van der Waals surface area (Å²) in [5.41, 5.74) is 0.511. The zero-order valence-corrected chi connectivity index (χ0v) is 13.7. The Morgan fingerprint density at radius 1 is 1.43 bits per heavy atom. The van der Waals surface area contributed by atoms with Crippen LogP contribution in [0.2, 0.25) is 0 Å². The Balaban J connectivity index is 2.39. The quantitative estimate of drug-likeness (QED) is 0.863. The maximum atomic E-state index is 12.3. The number of nitrogens with one attached hydrogen (secondary N) is 1. The molecule has 1 aromatic carbocycles. The lowest BCUT2D eigenvalue weighted by molar-refractivity contribution is 0.125. The summed E-state index contributed by atoms with van der Waals surface area (Å²) < 4.78 is 27.2. The number of nitrogens with zero attached hydrogens (tertiary/aromatic N) is 1. The van der Waals surface area contributed by atoms with E-state index in [0.717, 1.165) is 6.54 Å². The Labute approximate surface area is 127 Å². The van der Waals surface area contributed by atoms with Crippen LogP contribution in [0.1, 0.15) is 20.8 Å². The Hall–Kier alpha value is -1.11. The van der Waals surface area contributed by atoms with E-state index in [1.54, 1.807) is 19.1 Å². The number of anilines is 1. The highest BCUT2D eigenvalue weighted by molar-refractivity contribution is 7.89. The van der Waals surface area contributed by atoms with Crippen LogP contribution in [-0.4, -0.2) is 39.8 Å². The molecular formula is C15H24N2O3S. The lowest BCUT2D eigenvalue weighted by atomic mass is 9.82. The molecule has 1 aliphatic heterocycles. The number of benzene rings is 1. The number of aliphatic hydroxyl groups is 1. The lowest BCUT2D eigenvalue weighted by Crippen LogP contribution is -2.31. The van der Waals surface area contributed by atoms with Gasteiger partial charge < -0.3 is 10.0 Å². The minimum absolute atomic E-state index is 0.104. The number of hydrogen-bond donors (Lipinski definition) is 2. The van der Waals surface area contributed by atoms with Gasteiger partial charge >= 0.3 is 0 Å². The van der Waals surface area contributed by atoms with Crippen LogP contribution in [0.15, 0.2) is 29.2 Å². The van der Waals surface area contributed by atoms with Gasteiger partial charge in [-0.25, -0.2) is 13.1 Å². The Morgan fingerprint density at radius 3 is 2.67 bits per heavy atom. The van der Waals surface area contributed by atoms with Gasteiger partial charge in [-0.1, -0.05) is 32.9 Å². The molecule has 0 spiro atoms. The van der Waals surface area contributed by atoms with Gasteiger partial charge in [0.2, 0.25) is 10.0 Å². The molecule has 1 aliphatic rings. The smallest absolute Gasteiger partial charge is 0.242 e. The number of para-hydroxylation sites is 1. The molecule has 2 N–H and O–H groups in total. The third kappa shape index (κ3) is 3.07. The van der Waals surface area contributed by atoms with Crippen molar-refractivity contribution < 1.29 is 13.5 Å². The molecule has 5 nitrogen and oxygen atoms in total. The summed E-state index contributed by atoms with van der Waals surface area (Å²) in [6.45, 7) is 7.77. The third-order valence-corrected chi connectivity index (χ3v) is 6.02. The average Bonchev–Trinajstić information content (AvgIpc) is 2.75. The topological polar surface area (TPSA) is 69.6 Å². The number of rotatable bonds is 5. The predicted octanol–water partition coefficient (Wildman–Crippen LogP) is 1.44. The van der Waals surface area contributed by atoms with Crippen LogP contribution in [-0.2, 0) is 10.0 Å². The molecule has 118 valence electrons. The monoisotopic (exact) mass is 312 g/mol. The number of aliphatic hydroxyl groups excluding tert-OH is 1. The zero-order chi connectivity index (χ0) is 15.7. The largest absolute Gasteiger partial charge is 0.396 e. The molecule has 1 heterocycles. The van der Waals surface area contributed by atoms with Gasteiger partial charge in [0.15, 0.2) is 0 Å². The van der Waals surface area contributed by atoms with Crippen molar-refractivity contribution in [1.82, 2.24) is 4.72 Å². The maximum Gasteiger partial charge on any atom is 0.242 e. The summed E-state index contributed by atoms with van der Waals surface area (Å²) in [6.07, 6.45) is 0. The molecule has 0 aromatic heterocycles. The van der Waals surface area contributed by atoms with Crippen molar-refractivity contribution in [1.29, 1.82) is 0 Å². The minimum Gasteiger partial charge on any atom is -0.396 e. The summed E-state index contributed by atoms with van der Waals surface area (Å²) >= 11 is 0. The molecule has 0 amide bonds. The fraction of sp³-hybridized carbons (Fsp3) is 0.600. The summed E-state index contributed by atoms with van der Waals surface area (Å²) in [4.78, 5) is 2.37. The molecule has 21 heavy (non-hydrogen) atoms. The van der Waals surface area contributed by atoms with Gasteiger partial charge in [-0.2, -0.15) is 0 Å². The predicted molar refractivity (Wildman–Crippen MR) is 83.9 cm³/mol. The first kappa shape index (κ1) is 16.3. The van der Waals surface area contributed by atoms with Crippen LogP contribution < -0.4 is 9.62 Å². The molecule has 2 rings (SSSR count). The standard InChI is InChI=1S/C15H24N2O3S/c1-4-16-21(19,20)14-8-6-5-7-13(14)17-9-12(2)15(3,10-17)11-18/h5-8,12,16,18H,4,9-11H2,1-3H3. The normalized spacial score (nSPS) is 26.3. The van der Waals surface area contributed by atoms with Crippen molar-refractivity contribution in [2.75, 3.05) is 31.1 Å². The van der Waals surface area contributed by atoms with E-state index < -0.39 is 10.0 Å². The molecule has 2 unspecified atom stereocenters. The Morgan fingerprint density at radius 2 is 2.10 bits per heavy atom. The summed E-state index contributed by atoms with van der Waals surface area (Å²) in [5.74, 6) is 0.303. The first-order chi connectivity index (χ1) is 9.84. The molecule has 0 saturated carbocycles. The van der Waals surface area contributed by atoms with E-state index in [1.165, 1.54) is 0 Å². The molecule has 0 bridgehead atoms. The van der Waals surface area contributed by atoms with E-state index in [0.29, 0.717) is 29.6 Å². The van der Waals surface area contributed by atoms with Crippen LogP contribution in [0.5, 0.6) is 0 Å².